The van der Waals surface area contributed by atoms with Crippen LogP contribution in [0.2, 0.25) is 0 Å². The molecule has 0 aliphatic heterocycles. The second kappa shape index (κ2) is 12.1. The zero-order chi connectivity index (χ0) is 20.1. The molecule has 2 atom stereocenters. The molecule has 0 heterocycles. The summed E-state index contributed by atoms with van der Waals surface area (Å²) in [5.41, 5.74) is 2.17. The van der Waals surface area contributed by atoms with Crippen molar-refractivity contribution in [1.82, 2.24) is 10.6 Å². The first-order valence-corrected chi connectivity index (χ1v) is 10.9. The molecule has 0 radical (unpaired) electrons. The smallest absolute Gasteiger partial charge is 0.310 e. The minimum absolute atomic E-state index is 0. The molecule has 2 aliphatic carbocycles. The van der Waals surface area contributed by atoms with Gasteiger partial charge in [0.25, 0.3) is 0 Å². The van der Waals surface area contributed by atoms with Gasteiger partial charge in [0.2, 0.25) is 0 Å². The van der Waals surface area contributed by atoms with Crippen molar-refractivity contribution < 1.29 is 9.90 Å². The van der Waals surface area contributed by atoms with Crippen molar-refractivity contribution in [2.75, 3.05) is 6.54 Å². The Labute approximate surface area is 194 Å². The molecular weight excluding hydrogens is 419 g/mol. The fourth-order valence-electron chi connectivity index (χ4n) is 4.27. The van der Waals surface area contributed by atoms with Crippen LogP contribution in [0.15, 0.2) is 35.9 Å². The van der Waals surface area contributed by atoms with Crippen LogP contribution < -0.4 is 10.6 Å². The van der Waals surface area contributed by atoms with E-state index in [9.17, 15) is 9.90 Å². The topological polar surface area (TPSA) is 61.4 Å². The maximum absolute atomic E-state index is 11.2. The Morgan fingerprint density at radius 1 is 1.10 bits per heavy atom. The summed E-state index contributed by atoms with van der Waals surface area (Å²) in [6.07, 6.45) is 9.37. The van der Waals surface area contributed by atoms with E-state index in [4.69, 9.17) is 0 Å². The minimum Gasteiger partial charge on any atom is -0.481 e. The molecular formula is C24H38Cl2N2O2. The lowest BCUT2D eigenvalue weighted by molar-refractivity contribution is -0.146. The molecule has 30 heavy (non-hydrogen) atoms. The molecule has 2 aliphatic rings. The SMILES string of the molecule is CCC(=Cc1ccccc1)C1CC1NC1CCC(NCC(C)(C)C(=O)O)CC1.Cl.Cl. The maximum Gasteiger partial charge on any atom is 0.310 e. The molecule has 0 amide bonds. The van der Waals surface area contributed by atoms with Crippen molar-refractivity contribution in [3.63, 3.8) is 0 Å². The second-order valence-corrected chi connectivity index (χ2v) is 9.22. The number of hydrogen-bond acceptors (Lipinski definition) is 3. The van der Waals surface area contributed by atoms with E-state index in [0.29, 0.717) is 30.6 Å². The Bertz CT molecular complexity index is 686. The van der Waals surface area contributed by atoms with E-state index in [-0.39, 0.29) is 24.8 Å². The first-order chi connectivity index (χ1) is 13.4. The molecule has 1 aromatic carbocycles. The highest BCUT2D eigenvalue weighted by Gasteiger charge is 2.40. The Hall–Kier alpha value is -1.07. The fourth-order valence-corrected chi connectivity index (χ4v) is 4.27. The largest absolute Gasteiger partial charge is 0.481 e. The molecule has 2 fully saturated rings. The third kappa shape index (κ3) is 7.56. The van der Waals surface area contributed by atoms with E-state index in [1.165, 1.54) is 24.8 Å². The summed E-state index contributed by atoms with van der Waals surface area (Å²) in [4.78, 5) is 11.2. The van der Waals surface area contributed by atoms with Gasteiger partial charge in [-0.15, -0.1) is 24.8 Å². The van der Waals surface area contributed by atoms with Gasteiger partial charge in [0.1, 0.15) is 0 Å². The summed E-state index contributed by atoms with van der Waals surface area (Å²) < 4.78 is 0. The fraction of sp³-hybridized carbons (Fsp3) is 0.625. The van der Waals surface area contributed by atoms with Crippen LogP contribution in [0, 0.1) is 11.3 Å². The van der Waals surface area contributed by atoms with Crippen LogP contribution in [-0.4, -0.2) is 35.7 Å². The van der Waals surface area contributed by atoms with Gasteiger partial charge in [-0.3, -0.25) is 4.79 Å². The number of carboxylic acid groups (broad SMARTS) is 1. The van der Waals surface area contributed by atoms with Crippen molar-refractivity contribution in [2.45, 2.75) is 77.4 Å². The van der Waals surface area contributed by atoms with Crippen LogP contribution in [0.4, 0.5) is 0 Å². The standard InChI is InChI=1S/C24H36N2O2.2ClH/c1-4-18(14-17-8-6-5-7-9-17)21-15-22(21)26-20-12-10-19(11-13-20)25-16-24(2,3)23(27)28;;/h5-9,14,19-22,25-26H,4,10-13,15-16H2,1-3H3,(H,27,28);2*1H. The van der Waals surface area contributed by atoms with Gasteiger partial charge in [0.05, 0.1) is 5.41 Å². The van der Waals surface area contributed by atoms with Crippen LogP contribution in [0.5, 0.6) is 0 Å². The van der Waals surface area contributed by atoms with Gasteiger partial charge in [-0.1, -0.05) is 48.9 Å². The molecule has 170 valence electrons. The summed E-state index contributed by atoms with van der Waals surface area (Å²) in [7, 11) is 0. The van der Waals surface area contributed by atoms with Gasteiger partial charge in [-0.05, 0) is 63.9 Å². The third-order valence-corrected chi connectivity index (χ3v) is 6.42. The lowest BCUT2D eigenvalue weighted by atomic mass is 9.88. The Morgan fingerprint density at radius 3 is 2.27 bits per heavy atom. The number of carbonyl (C=O) groups is 1. The maximum atomic E-state index is 11.2. The normalized spacial score (nSPS) is 26.3. The summed E-state index contributed by atoms with van der Waals surface area (Å²) in [6.45, 7) is 6.38. The molecule has 3 rings (SSSR count). The number of halogens is 2. The predicted octanol–water partition coefficient (Wildman–Crippen LogP) is 5.31. The Kier molecular flexibility index (Phi) is 10.9. The molecule has 0 aromatic heterocycles. The highest BCUT2D eigenvalue weighted by molar-refractivity contribution is 5.85. The average molecular weight is 457 g/mol. The number of hydrogen-bond donors (Lipinski definition) is 3. The summed E-state index contributed by atoms with van der Waals surface area (Å²) >= 11 is 0. The van der Waals surface area contributed by atoms with Crippen molar-refractivity contribution in [2.24, 2.45) is 11.3 Å². The van der Waals surface area contributed by atoms with Crippen molar-refractivity contribution in [3.05, 3.63) is 41.5 Å². The number of aliphatic carboxylic acids is 1. The van der Waals surface area contributed by atoms with E-state index < -0.39 is 11.4 Å². The zero-order valence-corrected chi connectivity index (χ0v) is 20.0. The number of benzene rings is 1. The lowest BCUT2D eigenvalue weighted by Gasteiger charge is -2.32. The highest BCUT2D eigenvalue weighted by atomic mass is 35.5. The third-order valence-electron chi connectivity index (χ3n) is 6.42. The molecule has 4 nitrogen and oxygen atoms in total. The van der Waals surface area contributed by atoms with E-state index in [1.807, 2.05) is 0 Å². The van der Waals surface area contributed by atoms with Crippen LogP contribution in [0.1, 0.15) is 64.9 Å². The number of nitrogens with one attached hydrogen (secondary N) is 2. The number of rotatable bonds is 9. The van der Waals surface area contributed by atoms with Crippen molar-refractivity contribution in [3.8, 4) is 0 Å². The van der Waals surface area contributed by atoms with Crippen LogP contribution in [0.3, 0.4) is 0 Å². The summed E-state index contributed by atoms with van der Waals surface area (Å²) in [5, 5.41) is 16.6. The first-order valence-electron chi connectivity index (χ1n) is 10.9. The zero-order valence-electron chi connectivity index (χ0n) is 18.4. The molecule has 1 aromatic rings. The molecule has 2 unspecified atom stereocenters. The summed E-state index contributed by atoms with van der Waals surface area (Å²) in [6, 6.07) is 12.3. The lowest BCUT2D eigenvalue weighted by Crippen LogP contribution is -2.45. The van der Waals surface area contributed by atoms with Gasteiger partial charge >= 0.3 is 5.97 Å². The Morgan fingerprint density at radius 2 is 1.70 bits per heavy atom. The summed E-state index contributed by atoms with van der Waals surface area (Å²) in [5.74, 6) is -0.0390. The van der Waals surface area contributed by atoms with E-state index in [1.54, 1.807) is 19.4 Å². The van der Waals surface area contributed by atoms with Gasteiger partial charge in [-0.2, -0.15) is 0 Å². The molecule has 0 saturated heterocycles. The molecule has 2 saturated carbocycles. The van der Waals surface area contributed by atoms with Gasteiger partial charge in [0.15, 0.2) is 0 Å². The van der Waals surface area contributed by atoms with E-state index in [2.05, 4.69) is 54.0 Å². The predicted molar refractivity (Wildman–Crippen MR) is 130 cm³/mol. The van der Waals surface area contributed by atoms with Crippen LogP contribution in [0.25, 0.3) is 6.08 Å². The Balaban J connectivity index is 0.00000225. The molecule has 0 spiro atoms. The van der Waals surface area contributed by atoms with Crippen LogP contribution in [-0.2, 0) is 4.79 Å². The van der Waals surface area contributed by atoms with Gasteiger partial charge < -0.3 is 15.7 Å². The van der Waals surface area contributed by atoms with Crippen LogP contribution >= 0.6 is 24.8 Å². The monoisotopic (exact) mass is 456 g/mol. The quantitative estimate of drug-likeness (QED) is 0.470. The van der Waals surface area contributed by atoms with E-state index >= 15 is 0 Å². The van der Waals surface area contributed by atoms with Crippen molar-refractivity contribution >= 4 is 36.9 Å². The van der Waals surface area contributed by atoms with Crippen molar-refractivity contribution in [1.29, 1.82) is 0 Å². The molecule has 0 bridgehead atoms. The van der Waals surface area contributed by atoms with Gasteiger partial charge in [-0.25, -0.2) is 0 Å². The second-order valence-electron chi connectivity index (χ2n) is 9.22. The average Bonchev–Trinajstić information content (AvgIpc) is 3.45. The minimum atomic E-state index is -0.731. The molecule has 6 heteroatoms. The van der Waals surface area contributed by atoms with Gasteiger partial charge in [0, 0.05) is 24.7 Å². The molecule has 3 N–H and O–H groups in total. The number of carboxylic acids is 1. The highest BCUT2D eigenvalue weighted by Crippen LogP contribution is 2.40. The first kappa shape index (κ1) is 27.0. The van der Waals surface area contributed by atoms with E-state index in [0.717, 1.165) is 19.3 Å².